The zero-order valence-corrected chi connectivity index (χ0v) is 13.0. The van der Waals surface area contributed by atoms with Crippen molar-refractivity contribution in [2.75, 3.05) is 5.32 Å². The smallest absolute Gasteiger partial charge is 0.339 e. The van der Waals surface area contributed by atoms with Crippen LogP contribution in [0.1, 0.15) is 54.4 Å². The third-order valence-electron chi connectivity index (χ3n) is 4.04. The molecule has 5 heteroatoms. The molecule has 1 aliphatic rings. The molecule has 1 aromatic heterocycles. The second-order valence-electron chi connectivity index (χ2n) is 5.74. The second kappa shape index (κ2) is 5.95. The second-order valence-corrected chi connectivity index (χ2v) is 6.85. The minimum Gasteiger partial charge on any atom is -0.478 e. The Morgan fingerprint density at radius 3 is 2.45 bits per heavy atom. The lowest BCUT2D eigenvalue weighted by Crippen LogP contribution is -2.24. The monoisotopic (exact) mass is 295 g/mol. The fraction of sp³-hybridized carbons (Fsp3) is 0.600. The summed E-state index contributed by atoms with van der Waals surface area (Å²) in [5.74, 6) is -0.924. The summed E-state index contributed by atoms with van der Waals surface area (Å²) in [6.07, 6.45) is 3.86. The van der Waals surface area contributed by atoms with Crippen LogP contribution in [0.3, 0.4) is 0 Å². The first kappa shape index (κ1) is 15.0. The van der Waals surface area contributed by atoms with Crippen molar-refractivity contribution in [2.24, 2.45) is 11.8 Å². The van der Waals surface area contributed by atoms with Crippen molar-refractivity contribution in [2.45, 2.75) is 46.5 Å². The van der Waals surface area contributed by atoms with Crippen LogP contribution in [0.2, 0.25) is 0 Å². The Bertz CT molecular complexity index is 533. The lowest BCUT2D eigenvalue weighted by Gasteiger charge is -2.15. The average molecular weight is 295 g/mol. The van der Waals surface area contributed by atoms with Crippen molar-refractivity contribution in [1.82, 2.24) is 0 Å². The molecule has 0 radical (unpaired) electrons. The zero-order chi connectivity index (χ0) is 14.9. The molecule has 0 saturated heterocycles. The standard InChI is InChI=1S/C15H21NO3S/c1-8(2)9(3)13(17)16-14-12(15(18)19)10-6-4-5-7-11(10)20-14/h8-9H,4-7H2,1-3H3,(H,16,17)(H,18,19). The molecule has 0 saturated carbocycles. The Kier molecular flexibility index (Phi) is 4.48. The van der Waals surface area contributed by atoms with Crippen LogP contribution in [0.25, 0.3) is 0 Å². The number of amides is 1. The van der Waals surface area contributed by atoms with Gasteiger partial charge in [0.2, 0.25) is 5.91 Å². The van der Waals surface area contributed by atoms with Crippen LogP contribution in [0.5, 0.6) is 0 Å². The number of hydrogen-bond donors (Lipinski definition) is 2. The maximum absolute atomic E-state index is 12.1. The van der Waals surface area contributed by atoms with Gasteiger partial charge in [-0.3, -0.25) is 4.79 Å². The maximum Gasteiger partial charge on any atom is 0.339 e. The minimum absolute atomic E-state index is 0.0962. The highest BCUT2D eigenvalue weighted by Crippen LogP contribution is 2.38. The predicted octanol–water partition coefficient (Wildman–Crippen LogP) is 3.56. The van der Waals surface area contributed by atoms with Crippen LogP contribution in [-0.2, 0) is 17.6 Å². The third kappa shape index (κ3) is 2.87. The summed E-state index contributed by atoms with van der Waals surface area (Å²) in [5, 5.41) is 12.8. The molecule has 0 aromatic carbocycles. The van der Waals surface area contributed by atoms with E-state index in [9.17, 15) is 14.7 Å². The molecular weight excluding hydrogens is 274 g/mol. The molecule has 1 atom stereocenters. The quantitative estimate of drug-likeness (QED) is 0.892. The van der Waals surface area contributed by atoms with E-state index in [1.807, 2.05) is 20.8 Å². The van der Waals surface area contributed by atoms with Crippen molar-refractivity contribution in [3.63, 3.8) is 0 Å². The van der Waals surface area contributed by atoms with Crippen LogP contribution in [0.4, 0.5) is 5.00 Å². The summed E-state index contributed by atoms with van der Waals surface area (Å²) >= 11 is 1.43. The largest absolute Gasteiger partial charge is 0.478 e. The molecule has 1 aliphatic carbocycles. The summed E-state index contributed by atoms with van der Waals surface area (Å²) in [4.78, 5) is 24.8. The number of carboxylic acids is 1. The summed E-state index contributed by atoms with van der Waals surface area (Å²) in [6, 6.07) is 0. The molecule has 0 fully saturated rings. The van der Waals surface area contributed by atoms with Gasteiger partial charge in [-0.05, 0) is 37.2 Å². The predicted molar refractivity (Wildman–Crippen MR) is 80.6 cm³/mol. The number of aromatic carboxylic acids is 1. The van der Waals surface area contributed by atoms with Crippen LogP contribution in [0, 0.1) is 11.8 Å². The Morgan fingerprint density at radius 1 is 1.20 bits per heavy atom. The molecule has 2 N–H and O–H groups in total. The van der Waals surface area contributed by atoms with Crippen molar-refractivity contribution in [3.8, 4) is 0 Å². The highest BCUT2D eigenvalue weighted by atomic mass is 32.1. The molecule has 1 unspecified atom stereocenters. The van der Waals surface area contributed by atoms with Gasteiger partial charge in [-0.25, -0.2) is 4.79 Å². The third-order valence-corrected chi connectivity index (χ3v) is 5.24. The fourth-order valence-corrected chi connectivity index (χ4v) is 3.69. The molecule has 20 heavy (non-hydrogen) atoms. The number of carbonyl (C=O) groups excluding carboxylic acids is 1. The average Bonchev–Trinajstić information content (AvgIpc) is 2.75. The SMILES string of the molecule is CC(C)C(C)C(=O)Nc1sc2c(c1C(=O)O)CCCC2. The van der Waals surface area contributed by atoms with E-state index < -0.39 is 5.97 Å². The number of aryl methyl sites for hydroxylation is 1. The molecule has 2 rings (SSSR count). The molecule has 110 valence electrons. The first-order valence-electron chi connectivity index (χ1n) is 7.10. The van der Waals surface area contributed by atoms with Gasteiger partial charge in [-0.1, -0.05) is 20.8 Å². The van der Waals surface area contributed by atoms with Crippen LogP contribution in [0.15, 0.2) is 0 Å². The molecule has 0 bridgehead atoms. The lowest BCUT2D eigenvalue weighted by atomic mass is 9.95. The van der Waals surface area contributed by atoms with Crippen molar-refractivity contribution in [3.05, 3.63) is 16.0 Å². The van der Waals surface area contributed by atoms with Crippen molar-refractivity contribution < 1.29 is 14.7 Å². The van der Waals surface area contributed by atoms with Crippen LogP contribution in [-0.4, -0.2) is 17.0 Å². The van der Waals surface area contributed by atoms with E-state index in [0.717, 1.165) is 36.1 Å². The highest BCUT2D eigenvalue weighted by molar-refractivity contribution is 7.17. The molecule has 1 aromatic rings. The number of thiophene rings is 1. The Labute approximate surface area is 123 Å². The lowest BCUT2D eigenvalue weighted by molar-refractivity contribution is -0.120. The summed E-state index contributed by atoms with van der Waals surface area (Å²) in [5.41, 5.74) is 1.25. The van der Waals surface area contributed by atoms with Gasteiger partial charge in [0.1, 0.15) is 5.00 Å². The van der Waals surface area contributed by atoms with E-state index in [2.05, 4.69) is 5.32 Å². The topological polar surface area (TPSA) is 66.4 Å². The molecule has 1 amide bonds. The number of anilines is 1. The van der Waals surface area contributed by atoms with Gasteiger partial charge in [-0.15, -0.1) is 11.3 Å². The first-order valence-corrected chi connectivity index (χ1v) is 7.92. The van der Waals surface area contributed by atoms with E-state index in [-0.39, 0.29) is 17.7 Å². The Hall–Kier alpha value is -1.36. The number of rotatable bonds is 4. The summed E-state index contributed by atoms with van der Waals surface area (Å²) in [6.45, 7) is 5.84. The molecule has 4 nitrogen and oxygen atoms in total. The molecular formula is C15H21NO3S. The first-order chi connectivity index (χ1) is 9.41. The van der Waals surface area contributed by atoms with Crippen LogP contribution >= 0.6 is 11.3 Å². The molecule has 0 spiro atoms. The van der Waals surface area contributed by atoms with Gasteiger partial charge in [0, 0.05) is 10.8 Å². The van der Waals surface area contributed by atoms with Gasteiger partial charge in [0.25, 0.3) is 0 Å². The van der Waals surface area contributed by atoms with E-state index in [4.69, 9.17) is 0 Å². The van der Waals surface area contributed by atoms with E-state index in [1.54, 1.807) is 0 Å². The number of carbonyl (C=O) groups is 2. The normalized spacial score (nSPS) is 15.8. The maximum atomic E-state index is 12.1. The van der Waals surface area contributed by atoms with Gasteiger partial charge in [-0.2, -0.15) is 0 Å². The van der Waals surface area contributed by atoms with E-state index >= 15 is 0 Å². The summed E-state index contributed by atoms with van der Waals surface area (Å²) in [7, 11) is 0. The van der Waals surface area contributed by atoms with Crippen molar-refractivity contribution >= 4 is 28.2 Å². The van der Waals surface area contributed by atoms with E-state index in [0.29, 0.717) is 10.6 Å². The number of carboxylic acid groups (broad SMARTS) is 1. The van der Waals surface area contributed by atoms with E-state index in [1.165, 1.54) is 11.3 Å². The van der Waals surface area contributed by atoms with Gasteiger partial charge in [0.05, 0.1) is 5.56 Å². The van der Waals surface area contributed by atoms with Gasteiger partial charge >= 0.3 is 5.97 Å². The Morgan fingerprint density at radius 2 is 1.85 bits per heavy atom. The highest BCUT2D eigenvalue weighted by Gasteiger charge is 2.27. The van der Waals surface area contributed by atoms with Crippen LogP contribution < -0.4 is 5.32 Å². The van der Waals surface area contributed by atoms with Gasteiger partial charge in [0.15, 0.2) is 0 Å². The molecule has 0 aliphatic heterocycles. The Balaban J connectivity index is 2.30. The minimum atomic E-state index is -0.933. The number of hydrogen-bond acceptors (Lipinski definition) is 3. The fourth-order valence-electron chi connectivity index (χ4n) is 2.41. The number of nitrogens with one attached hydrogen (secondary N) is 1. The van der Waals surface area contributed by atoms with Crippen molar-refractivity contribution in [1.29, 1.82) is 0 Å². The molecule has 1 heterocycles. The number of fused-ring (bicyclic) bond motifs is 1. The summed E-state index contributed by atoms with van der Waals surface area (Å²) < 4.78 is 0. The van der Waals surface area contributed by atoms with Gasteiger partial charge < -0.3 is 10.4 Å². The zero-order valence-electron chi connectivity index (χ0n) is 12.2.